The first-order valence-corrected chi connectivity index (χ1v) is 10.0. The van der Waals surface area contributed by atoms with Crippen molar-refractivity contribution in [3.63, 3.8) is 0 Å². The van der Waals surface area contributed by atoms with Crippen molar-refractivity contribution in [1.82, 2.24) is 0 Å². The molecule has 0 N–H and O–H groups in total. The summed E-state index contributed by atoms with van der Waals surface area (Å²) in [5, 5.41) is 1.07. The quantitative estimate of drug-likeness (QED) is 0.589. The van der Waals surface area contributed by atoms with E-state index < -0.39 is 0 Å². The van der Waals surface area contributed by atoms with Gasteiger partial charge >= 0.3 is 0 Å². The first kappa shape index (κ1) is 17.9. The highest BCUT2D eigenvalue weighted by molar-refractivity contribution is 8.16. The first-order chi connectivity index (χ1) is 12.1. The number of para-hydroxylation sites is 1. The van der Waals surface area contributed by atoms with E-state index >= 15 is 0 Å². The lowest BCUT2D eigenvalue weighted by atomic mass is 9.92. The molecule has 0 radical (unpaired) electrons. The molecule has 2 aromatic carbocycles. The highest BCUT2D eigenvalue weighted by Crippen LogP contribution is 2.36. The molecule has 0 bridgehead atoms. The van der Waals surface area contributed by atoms with Crippen molar-refractivity contribution >= 4 is 28.2 Å². The second kappa shape index (κ2) is 8.01. The van der Waals surface area contributed by atoms with Crippen LogP contribution in [0.5, 0.6) is 0 Å². The van der Waals surface area contributed by atoms with Gasteiger partial charge in [0.25, 0.3) is 0 Å². The van der Waals surface area contributed by atoms with Crippen LogP contribution in [-0.4, -0.2) is 23.1 Å². The second-order valence-corrected chi connectivity index (χ2v) is 8.04. The van der Waals surface area contributed by atoms with Gasteiger partial charge in [-0.15, -0.1) is 11.8 Å². The molecule has 3 rings (SSSR count). The Hall–Kier alpha value is -1.87. The fourth-order valence-electron chi connectivity index (χ4n) is 3.06. The molecule has 1 aliphatic rings. The lowest BCUT2D eigenvalue weighted by Crippen LogP contribution is -2.11. The van der Waals surface area contributed by atoms with E-state index in [1.54, 1.807) is 0 Å². The maximum absolute atomic E-state index is 5.22. The van der Waals surface area contributed by atoms with Crippen LogP contribution >= 0.6 is 11.8 Å². The topological polar surface area (TPSA) is 24.7 Å². The molecule has 1 heterocycles. The van der Waals surface area contributed by atoms with Crippen molar-refractivity contribution in [2.24, 2.45) is 9.98 Å². The third-order valence-electron chi connectivity index (χ3n) is 4.40. The zero-order valence-electron chi connectivity index (χ0n) is 15.5. The third-order valence-corrected chi connectivity index (χ3v) is 5.38. The Kier molecular flexibility index (Phi) is 5.74. The van der Waals surface area contributed by atoms with Crippen molar-refractivity contribution in [3.8, 4) is 0 Å². The summed E-state index contributed by atoms with van der Waals surface area (Å²) in [6.07, 6.45) is 0. The molecule has 1 aliphatic heterocycles. The molecule has 0 saturated carbocycles. The number of aliphatic imine (C=N–C) groups is 2. The summed E-state index contributed by atoms with van der Waals surface area (Å²) in [6.45, 7) is 9.84. The second-order valence-electron chi connectivity index (χ2n) is 6.96. The number of hydrogen-bond donors (Lipinski definition) is 0. The Morgan fingerprint density at radius 1 is 0.920 bits per heavy atom. The third kappa shape index (κ3) is 4.04. The lowest BCUT2D eigenvalue weighted by molar-refractivity contribution is 0.835. The molecule has 130 valence electrons. The molecule has 0 aliphatic carbocycles. The molecule has 25 heavy (non-hydrogen) atoms. The summed E-state index contributed by atoms with van der Waals surface area (Å²) in [6, 6.07) is 17.0. The number of hydrogen-bond acceptors (Lipinski definition) is 3. The Morgan fingerprint density at radius 3 is 2.08 bits per heavy atom. The van der Waals surface area contributed by atoms with Gasteiger partial charge in [0.05, 0.1) is 5.69 Å². The lowest BCUT2D eigenvalue weighted by Gasteiger charge is -2.18. The summed E-state index contributed by atoms with van der Waals surface area (Å²) in [4.78, 5) is 9.92. The Bertz CT molecular complexity index is 763. The minimum atomic E-state index is 0.438. The first-order valence-electron chi connectivity index (χ1n) is 9.02. The van der Waals surface area contributed by atoms with Gasteiger partial charge in [-0.1, -0.05) is 76.2 Å². The molecule has 0 amide bonds. The smallest absolute Gasteiger partial charge is 0.117 e. The molecule has 3 heteroatoms. The maximum atomic E-state index is 5.22. The van der Waals surface area contributed by atoms with E-state index in [1.807, 2.05) is 17.8 Å². The molecule has 0 fully saturated rings. The van der Waals surface area contributed by atoms with Gasteiger partial charge < -0.3 is 0 Å². The van der Waals surface area contributed by atoms with E-state index in [0.29, 0.717) is 11.8 Å². The van der Waals surface area contributed by atoms with Crippen LogP contribution in [-0.2, 0) is 0 Å². The molecular weight excluding hydrogens is 324 g/mol. The minimum absolute atomic E-state index is 0.438. The van der Waals surface area contributed by atoms with E-state index in [-0.39, 0.29) is 0 Å². The SMILES string of the molecule is CC(C)c1cccc(C(C)C)c1N=C(C1=NCCS1)c1ccccc1. The highest BCUT2D eigenvalue weighted by Gasteiger charge is 2.19. The van der Waals surface area contributed by atoms with Gasteiger partial charge in [0.1, 0.15) is 10.8 Å². The van der Waals surface area contributed by atoms with Crippen LogP contribution in [0.3, 0.4) is 0 Å². The summed E-state index contributed by atoms with van der Waals surface area (Å²) in [5.41, 5.74) is 5.90. The van der Waals surface area contributed by atoms with Crippen molar-refractivity contribution in [1.29, 1.82) is 0 Å². The standard InChI is InChI=1S/C22H26N2S/c1-15(2)18-11-8-12-19(16(3)4)21(18)24-20(22-23-13-14-25-22)17-9-6-5-7-10-17/h5-12,15-16H,13-14H2,1-4H3. The van der Waals surface area contributed by atoms with Gasteiger partial charge in [0, 0.05) is 17.9 Å². The van der Waals surface area contributed by atoms with E-state index in [1.165, 1.54) is 11.1 Å². The molecule has 0 atom stereocenters. The molecule has 0 saturated heterocycles. The van der Waals surface area contributed by atoms with Gasteiger partial charge in [-0.2, -0.15) is 0 Å². The van der Waals surface area contributed by atoms with Crippen LogP contribution in [0.2, 0.25) is 0 Å². The fraction of sp³-hybridized carbons (Fsp3) is 0.364. The van der Waals surface area contributed by atoms with Crippen molar-refractivity contribution in [2.75, 3.05) is 12.3 Å². The Labute approximate surface area is 155 Å². The summed E-state index contributed by atoms with van der Waals surface area (Å²) in [7, 11) is 0. The van der Waals surface area contributed by atoms with Crippen LogP contribution in [0.4, 0.5) is 5.69 Å². The van der Waals surface area contributed by atoms with E-state index in [4.69, 9.17) is 9.98 Å². The van der Waals surface area contributed by atoms with Crippen LogP contribution < -0.4 is 0 Å². The number of rotatable bonds is 5. The summed E-state index contributed by atoms with van der Waals surface area (Å²) < 4.78 is 0. The predicted octanol–water partition coefficient (Wildman–Crippen LogP) is 6.20. The minimum Gasteiger partial charge on any atom is -0.275 e. The molecule has 0 unspecified atom stereocenters. The van der Waals surface area contributed by atoms with Gasteiger partial charge in [-0.3, -0.25) is 4.99 Å². The van der Waals surface area contributed by atoms with E-state index in [2.05, 4.69) is 70.2 Å². The monoisotopic (exact) mass is 350 g/mol. The number of benzene rings is 2. The summed E-state index contributed by atoms with van der Waals surface area (Å²) >= 11 is 1.81. The van der Waals surface area contributed by atoms with Crippen LogP contribution in [0.15, 0.2) is 58.5 Å². The number of thioether (sulfide) groups is 1. The molecule has 2 aromatic rings. The Balaban J connectivity index is 2.21. The summed E-state index contributed by atoms with van der Waals surface area (Å²) in [5.74, 6) is 1.92. The normalized spacial score (nSPS) is 15.1. The van der Waals surface area contributed by atoms with Gasteiger partial charge in [0.15, 0.2) is 0 Å². The van der Waals surface area contributed by atoms with Gasteiger partial charge in [0.2, 0.25) is 0 Å². The molecular formula is C22H26N2S. The molecule has 0 aromatic heterocycles. The highest BCUT2D eigenvalue weighted by atomic mass is 32.2. The fourth-order valence-corrected chi connectivity index (χ4v) is 3.92. The average molecular weight is 351 g/mol. The van der Waals surface area contributed by atoms with Crippen LogP contribution in [0.25, 0.3) is 0 Å². The van der Waals surface area contributed by atoms with Gasteiger partial charge in [-0.25, -0.2) is 4.99 Å². The van der Waals surface area contributed by atoms with Crippen molar-refractivity contribution in [2.45, 2.75) is 39.5 Å². The largest absolute Gasteiger partial charge is 0.275 e. The predicted molar refractivity (Wildman–Crippen MR) is 112 cm³/mol. The molecule has 0 spiro atoms. The van der Waals surface area contributed by atoms with Gasteiger partial charge in [-0.05, 0) is 23.0 Å². The number of nitrogens with zero attached hydrogens (tertiary/aromatic N) is 2. The van der Waals surface area contributed by atoms with Crippen molar-refractivity contribution in [3.05, 3.63) is 65.2 Å². The average Bonchev–Trinajstić information content (AvgIpc) is 3.14. The van der Waals surface area contributed by atoms with Crippen molar-refractivity contribution < 1.29 is 0 Å². The van der Waals surface area contributed by atoms with Crippen LogP contribution in [0, 0.1) is 0 Å². The zero-order valence-corrected chi connectivity index (χ0v) is 16.3. The molecule has 2 nitrogen and oxygen atoms in total. The van der Waals surface area contributed by atoms with E-state index in [0.717, 1.165) is 34.3 Å². The van der Waals surface area contributed by atoms with Crippen LogP contribution in [0.1, 0.15) is 56.2 Å². The Morgan fingerprint density at radius 2 is 1.56 bits per heavy atom. The maximum Gasteiger partial charge on any atom is 0.117 e. The zero-order chi connectivity index (χ0) is 17.8. The van der Waals surface area contributed by atoms with E-state index in [9.17, 15) is 0 Å².